The van der Waals surface area contributed by atoms with Crippen LogP contribution in [0.4, 0.5) is 11.4 Å². The maximum absolute atomic E-state index is 6.27. The molecule has 3 heterocycles. The largest absolute Gasteiger partial charge is 0.497 e. The number of benzene rings is 2. The smallest absolute Gasteiger partial charge is 0.226 e. The van der Waals surface area contributed by atoms with Crippen molar-refractivity contribution < 1.29 is 13.9 Å². The van der Waals surface area contributed by atoms with Gasteiger partial charge in [0, 0.05) is 42.4 Å². The first kappa shape index (κ1) is 20.1. The molecule has 162 valence electrons. The van der Waals surface area contributed by atoms with Crippen LogP contribution in [0.25, 0.3) is 11.5 Å². The monoisotopic (exact) mass is 420 g/mol. The summed E-state index contributed by atoms with van der Waals surface area (Å²) >= 11 is 0. The Morgan fingerprint density at radius 3 is 2.55 bits per heavy atom. The minimum Gasteiger partial charge on any atom is -0.497 e. The molecule has 5 rings (SSSR count). The SMILES string of the molecule is COc1cc2c(c([N+]3(c4ccc(-c5nc(C)co5)cc4)CCN(C)CC3)c1)OCCC2. The fourth-order valence-corrected chi connectivity index (χ4v) is 4.79. The van der Waals surface area contributed by atoms with Crippen LogP contribution < -0.4 is 14.0 Å². The van der Waals surface area contributed by atoms with Crippen LogP contribution in [-0.4, -0.2) is 56.8 Å². The molecule has 0 radical (unpaired) electrons. The summed E-state index contributed by atoms with van der Waals surface area (Å²) in [6, 6.07) is 13.0. The number of fused-ring (bicyclic) bond motifs is 1. The molecule has 1 saturated heterocycles. The highest BCUT2D eigenvalue weighted by Gasteiger charge is 2.41. The first-order chi connectivity index (χ1) is 15.1. The van der Waals surface area contributed by atoms with Crippen molar-refractivity contribution in [2.24, 2.45) is 0 Å². The second kappa shape index (κ2) is 8.02. The number of methoxy groups -OCH3 is 1. The van der Waals surface area contributed by atoms with Gasteiger partial charge in [-0.3, -0.25) is 9.38 Å². The van der Waals surface area contributed by atoms with Gasteiger partial charge in [0.15, 0.2) is 11.4 Å². The number of hydrogen-bond acceptors (Lipinski definition) is 5. The number of likely N-dealkylation sites (N-methyl/N-ethyl adjacent to an activating group) is 1. The lowest BCUT2D eigenvalue weighted by atomic mass is 10.0. The second-order valence-electron chi connectivity index (χ2n) is 8.65. The highest BCUT2D eigenvalue weighted by molar-refractivity contribution is 5.71. The van der Waals surface area contributed by atoms with E-state index in [9.17, 15) is 0 Å². The van der Waals surface area contributed by atoms with Crippen LogP contribution >= 0.6 is 0 Å². The summed E-state index contributed by atoms with van der Waals surface area (Å²) in [4.78, 5) is 6.87. The summed E-state index contributed by atoms with van der Waals surface area (Å²) in [5.74, 6) is 2.61. The van der Waals surface area contributed by atoms with Crippen molar-refractivity contribution in [2.75, 3.05) is 46.9 Å². The summed E-state index contributed by atoms with van der Waals surface area (Å²) in [7, 11) is 3.94. The van der Waals surface area contributed by atoms with E-state index >= 15 is 0 Å². The molecule has 0 bridgehead atoms. The first-order valence-corrected chi connectivity index (χ1v) is 11.0. The zero-order valence-electron chi connectivity index (χ0n) is 18.6. The molecular formula is C25H30N3O3+. The standard InChI is InChI=1S/C25H30N3O3/c1-18-17-31-25(26-18)19-6-8-21(9-7-19)28(12-10-27(2)11-13-28)23-16-22(29-3)15-20-5-4-14-30-24(20)23/h6-9,15-17H,4-5,10-14H2,1-3H3/q+1. The van der Waals surface area contributed by atoms with Crippen LogP contribution in [0.5, 0.6) is 11.5 Å². The van der Waals surface area contributed by atoms with Crippen molar-refractivity contribution in [3.8, 4) is 23.0 Å². The summed E-state index contributed by atoms with van der Waals surface area (Å²) < 4.78 is 18.3. The highest BCUT2D eigenvalue weighted by Crippen LogP contribution is 2.47. The van der Waals surface area contributed by atoms with E-state index in [2.05, 4.69) is 53.3 Å². The average molecular weight is 421 g/mol. The molecule has 2 aromatic carbocycles. The van der Waals surface area contributed by atoms with Gasteiger partial charge in [0.25, 0.3) is 0 Å². The van der Waals surface area contributed by atoms with Crippen LogP contribution in [0.15, 0.2) is 47.1 Å². The van der Waals surface area contributed by atoms with Gasteiger partial charge in [-0.1, -0.05) is 0 Å². The van der Waals surface area contributed by atoms with E-state index in [0.29, 0.717) is 5.89 Å². The molecule has 0 spiro atoms. The Hall–Kier alpha value is -2.83. The molecule has 6 heteroatoms. The molecule has 0 N–H and O–H groups in total. The second-order valence-corrected chi connectivity index (χ2v) is 8.65. The molecule has 0 unspecified atom stereocenters. The highest BCUT2D eigenvalue weighted by atomic mass is 16.5. The molecule has 0 aliphatic carbocycles. The van der Waals surface area contributed by atoms with E-state index in [4.69, 9.17) is 13.9 Å². The Bertz CT molecular complexity index is 1070. The minimum atomic E-state index is 0.663. The van der Waals surface area contributed by atoms with Gasteiger partial charge in [-0.05, 0) is 45.0 Å². The number of piperazine rings is 1. The summed E-state index contributed by atoms with van der Waals surface area (Å²) in [5.41, 5.74) is 5.60. The van der Waals surface area contributed by atoms with Gasteiger partial charge in [-0.25, -0.2) is 4.98 Å². The third-order valence-electron chi connectivity index (χ3n) is 6.61. The van der Waals surface area contributed by atoms with E-state index in [-0.39, 0.29) is 0 Å². The van der Waals surface area contributed by atoms with Crippen molar-refractivity contribution in [2.45, 2.75) is 19.8 Å². The zero-order valence-corrected chi connectivity index (χ0v) is 18.6. The van der Waals surface area contributed by atoms with E-state index in [1.165, 1.54) is 16.9 Å². The molecule has 0 atom stereocenters. The molecule has 31 heavy (non-hydrogen) atoms. The lowest BCUT2D eigenvalue weighted by molar-refractivity contribution is 0.196. The lowest BCUT2D eigenvalue weighted by Gasteiger charge is -2.44. The number of rotatable bonds is 4. The fourth-order valence-electron chi connectivity index (χ4n) is 4.79. The van der Waals surface area contributed by atoms with Gasteiger partial charge in [-0.15, -0.1) is 0 Å². The van der Waals surface area contributed by atoms with Crippen LogP contribution in [0, 0.1) is 6.92 Å². The van der Waals surface area contributed by atoms with Gasteiger partial charge in [0.1, 0.15) is 30.8 Å². The molecule has 3 aromatic rings. The lowest BCUT2D eigenvalue weighted by Crippen LogP contribution is -2.57. The summed E-state index contributed by atoms with van der Waals surface area (Å²) in [6.45, 7) is 6.72. The molecule has 6 nitrogen and oxygen atoms in total. The predicted molar refractivity (Wildman–Crippen MR) is 122 cm³/mol. The molecule has 2 aliphatic heterocycles. The maximum atomic E-state index is 6.27. The van der Waals surface area contributed by atoms with Crippen molar-refractivity contribution >= 4 is 11.4 Å². The molecular weight excluding hydrogens is 390 g/mol. The number of ether oxygens (including phenoxy) is 2. The third kappa shape index (κ3) is 3.60. The average Bonchev–Trinajstić information content (AvgIpc) is 3.25. The van der Waals surface area contributed by atoms with Gasteiger partial charge in [0.2, 0.25) is 5.89 Å². The Morgan fingerprint density at radius 1 is 1.10 bits per heavy atom. The normalized spacial score (nSPS) is 18.3. The zero-order chi connectivity index (χ0) is 21.4. The van der Waals surface area contributed by atoms with Crippen molar-refractivity contribution in [3.63, 3.8) is 0 Å². The van der Waals surface area contributed by atoms with Crippen LogP contribution in [0.2, 0.25) is 0 Å². The van der Waals surface area contributed by atoms with Crippen molar-refractivity contribution in [3.05, 3.63) is 53.9 Å². The number of aryl methyl sites for hydroxylation is 2. The van der Waals surface area contributed by atoms with Gasteiger partial charge >= 0.3 is 0 Å². The number of oxazole rings is 1. The van der Waals surface area contributed by atoms with Crippen LogP contribution in [0.3, 0.4) is 0 Å². The molecule has 0 amide bonds. The molecule has 1 aromatic heterocycles. The third-order valence-corrected chi connectivity index (χ3v) is 6.61. The molecule has 0 saturated carbocycles. The Morgan fingerprint density at radius 2 is 1.87 bits per heavy atom. The predicted octanol–water partition coefficient (Wildman–Crippen LogP) is 4.57. The Kier molecular flexibility index (Phi) is 5.20. The van der Waals surface area contributed by atoms with Crippen LogP contribution in [0.1, 0.15) is 17.7 Å². The van der Waals surface area contributed by atoms with E-state index in [1.54, 1.807) is 13.4 Å². The summed E-state index contributed by atoms with van der Waals surface area (Å²) in [6.07, 6.45) is 3.77. The van der Waals surface area contributed by atoms with Crippen LogP contribution in [-0.2, 0) is 6.42 Å². The molecule has 1 fully saturated rings. The van der Waals surface area contributed by atoms with E-state index in [1.807, 2.05) is 6.92 Å². The van der Waals surface area contributed by atoms with Gasteiger partial charge < -0.3 is 13.9 Å². The maximum Gasteiger partial charge on any atom is 0.226 e. The van der Waals surface area contributed by atoms with Gasteiger partial charge in [0.05, 0.1) is 19.4 Å². The van der Waals surface area contributed by atoms with Gasteiger partial charge in [-0.2, -0.15) is 0 Å². The van der Waals surface area contributed by atoms with Crippen molar-refractivity contribution in [1.82, 2.24) is 14.4 Å². The van der Waals surface area contributed by atoms with E-state index < -0.39 is 0 Å². The fraction of sp³-hybridized carbons (Fsp3) is 0.400. The van der Waals surface area contributed by atoms with Crippen molar-refractivity contribution in [1.29, 1.82) is 0 Å². The topological polar surface area (TPSA) is 47.7 Å². The van der Waals surface area contributed by atoms with E-state index in [0.717, 1.165) is 72.9 Å². The number of aromatic nitrogens is 1. The number of quaternary nitrogens is 1. The Labute approximate surface area is 183 Å². The first-order valence-electron chi connectivity index (χ1n) is 11.0. The summed E-state index contributed by atoms with van der Waals surface area (Å²) in [5, 5.41) is 0. The minimum absolute atomic E-state index is 0.663. The quantitative estimate of drug-likeness (QED) is 0.579. The Balaban J connectivity index is 1.63. The molecule has 2 aliphatic rings. The number of hydrogen-bond donors (Lipinski definition) is 0. The number of nitrogens with zero attached hydrogens (tertiary/aromatic N) is 3.